The third-order valence-electron chi connectivity index (χ3n) is 4.54. The topological polar surface area (TPSA) is 49.4 Å². The van der Waals surface area contributed by atoms with Gasteiger partial charge in [0.15, 0.2) is 0 Å². The summed E-state index contributed by atoms with van der Waals surface area (Å²) >= 11 is 6.17. The van der Waals surface area contributed by atoms with Crippen LogP contribution >= 0.6 is 11.6 Å². The Morgan fingerprint density at radius 1 is 1.24 bits per heavy atom. The second kappa shape index (κ2) is 7.28. The Hall–Kier alpha value is -2.33. The van der Waals surface area contributed by atoms with Gasteiger partial charge in [0.1, 0.15) is 0 Å². The van der Waals surface area contributed by atoms with Crippen molar-refractivity contribution in [3.05, 3.63) is 64.2 Å². The van der Waals surface area contributed by atoms with Crippen molar-refractivity contribution < 1.29 is 9.59 Å². The summed E-state index contributed by atoms with van der Waals surface area (Å²) in [5.74, 6) is -0.460. The zero-order chi connectivity index (χ0) is 18.0. The molecule has 0 bridgehead atoms. The first-order chi connectivity index (χ1) is 11.9. The van der Waals surface area contributed by atoms with E-state index in [0.717, 1.165) is 22.4 Å². The van der Waals surface area contributed by atoms with Crippen molar-refractivity contribution in [2.45, 2.75) is 26.8 Å². The molecule has 5 heteroatoms. The molecule has 1 fully saturated rings. The van der Waals surface area contributed by atoms with Gasteiger partial charge in [-0.1, -0.05) is 47.5 Å². The molecule has 3 rings (SSSR count). The molecule has 0 spiro atoms. The Bertz CT molecular complexity index is 819. The molecule has 2 amide bonds. The van der Waals surface area contributed by atoms with Gasteiger partial charge in [0.2, 0.25) is 11.8 Å². The molecule has 1 N–H and O–H groups in total. The van der Waals surface area contributed by atoms with E-state index in [1.54, 1.807) is 4.90 Å². The number of nitrogens with zero attached hydrogens (tertiary/aromatic N) is 1. The van der Waals surface area contributed by atoms with E-state index in [4.69, 9.17) is 11.6 Å². The van der Waals surface area contributed by atoms with Gasteiger partial charge in [-0.25, -0.2) is 0 Å². The van der Waals surface area contributed by atoms with Gasteiger partial charge in [0.05, 0.1) is 5.92 Å². The lowest BCUT2D eigenvalue weighted by Crippen LogP contribution is -2.28. The molecule has 0 aliphatic carbocycles. The van der Waals surface area contributed by atoms with Gasteiger partial charge in [-0.15, -0.1) is 0 Å². The van der Waals surface area contributed by atoms with E-state index in [2.05, 4.69) is 5.32 Å². The number of aryl methyl sites for hydroxylation is 2. The summed E-state index contributed by atoms with van der Waals surface area (Å²) in [5, 5.41) is 3.59. The minimum Gasteiger partial charge on any atom is -0.337 e. The van der Waals surface area contributed by atoms with Crippen molar-refractivity contribution >= 4 is 29.1 Å². The van der Waals surface area contributed by atoms with Crippen molar-refractivity contribution in [3.63, 3.8) is 0 Å². The normalized spacial score (nSPS) is 17.0. The minimum absolute atomic E-state index is 0.0132. The Kier molecular flexibility index (Phi) is 5.09. The third-order valence-corrected chi connectivity index (χ3v) is 4.91. The highest BCUT2D eigenvalue weighted by Crippen LogP contribution is 2.25. The van der Waals surface area contributed by atoms with Crippen LogP contribution in [0.5, 0.6) is 0 Å². The van der Waals surface area contributed by atoms with Gasteiger partial charge in [-0.05, 0) is 37.1 Å². The standard InChI is InChI=1S/C20H21ClN2O2/c1-13-7-8-18(14(2)9-13)22-20(25)16-10-19(24)23(12-16)11-15-5-3-4-6-17(15)21/h3-9,16H,10-12H2,1-2H3,(H,22,25)/t16-/m0/s1. The minimum atomic E-state index is -0.337. The van der Waals surface area contributed by atoms with E-state index in [0.29, 0.717) is 18.1 Å². The number of carbonyl (C=O) groups is 2. The maximum atomic E-state index is 12.5. The summed E-state index contributed by atoms with van der Waals surface area (Å²) in [6.45, 7) is 4.83. The summed E-state index contributed by atoms with van der Waals surface area (Å²) < 4.78 is 0. The lowest BCUT2D eigenvalue weighted by molar-refractivity contribution is -0.128. The maximum Gasteiger partial charge on any atom is 0.229 e. The molecule has 25 heavy (non-hydrogen) atoms. The van der Waals surface area contributed by atoms with Crippen LogP contribution in [0.15, 0.2) is 42.5 Å². The van der Waals surface area contributed by atoms with Gasteiger partial charge in [0, 0.05) is 30.2 Å². The summed E-state index contributed by atoms with van der Waals surface area (Å²) in [5.41, 5.74) is 3.86. The summed E-state index contributed by atoms with van der Waals surface area (Å²) in [4.78, 5) is 26.5. The van der Waals surface area contributed by atoms with Crippen LogP contribution in [0.2, 0.25) is 5.02 Å². The summed E-state index contributed by atoms with van der Waals surface area (Å²) in [7, 11) is 0. The molecule has 2 aromatic carbocycles. The molecule has 4 nitrogen and oxygen atoms in total. The van der Waals surface area contributed by atoms with Crippen molar-refractivity contribution in [2.24, 2.45) is 5.92 Å². The van der Waals surface area contributed by atoms with Crippen molar-refractivity contribution in [1.29, 1.82) is 0 Å². The Morgan fingerprint density at radius 3 is 2.72 bits per heavy atom. The predicted molar refractivity (Wildman–Crippen MR) is 99.5 cm³/mol. The number of carbonyl (C=O) groups excluding carboxylic acids is 2. The van der Waals surface area contributed by atoms with E-state index in [1.807, 2.05) is 56.3 Å². The Labute approximate surface area is 152 Å². The highest BCUT2D eigenvalue weighted by molar-refractivity contribution is 6.31. The van der Waals surface area contributed by atoms with E-state index in [9.17, 15) is 9.59 Å². The Morgan fingerprint density at radius 2 is 2.00 bits per heavy atom. The first-order valence-electron chi connectivity index (χ1n) is 8.33. The third kappa shape index (κ3) is 4.02. The molecule has 1 saturated heterocycles. The van der Waals surface area contributed by atoms with E-state index < -0.39 is 0 Å². The van der Waals surface area contributed by atoms with Crippen LogP contribution in [0.4, 0.5) is 5.69 Å². The van der Waals surface area contributed by atoms with Gasteiger partial charge < -0.3 is 10.2 Å². The lowest BCUT2D eigenvalue weighted by atomic mass is 10.1. The second-order valence-electron chi connectivity index (χ2n) is 6.57. The zero-order valence-electron chi connectivity index (χ0n) is 14.4. The number of benzene rings is 2. The summed E-state index contributed by atoms with van der Waals surface area (Å²) in [6.07, 6.45) is 0.237. The number of anilines is 1. The number of halogens is 1. The largest absolute Gasteiger partial charge is 0.337 e. The van der Waals surface area contributed by atoms with Crippen molar-refractivity contribution in [2.75, 3.05) is 11.9 Å². The maximum absolute atomic E-state index is 12.5. The van der Waals surface area contributed by atoms with Gasteiger partial charge >= 0.3 is 0 Å². The van der Waals surface area contributed by atoms with Crippen molar-refractivity contribution in [1.82, 2.24) is 4.90 Å². The molecular weight excluding hydrogens is 336 g/mol. The van der Waals surface area contributed by atoms with Gasteiger partial charge in [-0.2, -0.15) is 0 Å². The van der Waals surface area contributed by atoms with Crippen LogP contribution in [0, 0.1) is 19.8 Å². The molecular formula is C20H21ClN2O2. The molecule has 1 heterocycles. The zero-order valence-corrected chi connectivity index (χ0v) is 15.1. The number of nitrogens with one attached hydrogen (secondary N) is 1. The van der Waals surface area contributed by atoms with Crippen LogP contribution in [0.1, 0.15) is 23.1 Å². The second-order valence-corrected chi connectivity index (χ2v) is 6.98. The number of hydrogen-bond donors (Lipinski definition) is 1. The molecule has 0 aromatic heterocycles. The molecule has 1 aliphatic heterocycles. The van der Waals surface area contributed by atoms with Crippen molar-refractivity contribution in [3.8, 4) is 0 Å². The fraction of sp³-hybridized carbons (Fsp3) is 0.300. The van der Waals surface area contributed by atoms with E-state index in [1.165, 1.54) is 0 Å². The number of amides is 2. The molecule has 2 aromatic rings. The van der Waals surface area contributed by atoms with Crippen LogP contribution in [0.3, 0.4) is 0 Å². The van der Waals surface area contributed by atoms with Crippen LogP contribution < -0.4 is 5.32 Å². The van der Waals surface area contributed by atoms with E-state index in [-0.39, 0.29) is 24.2 Å². The fourth-order valence-electron chi connectivity index (χ4n) is 3.12. The lowest BCUT2D eigenvalue weighted by Gasteiger charge is -2.17. The smallest absolute Gasteiger partial charge is 0.229 e. The average Bonchev–Trinajstić information content (AvgIpc) is 2.93. The molecule has 1 aliphatic rings. The van der Waals surface area contributed by atoms with Crippen LogP contribution in [-0.2, 0) is 16.1 Å². The Balaban J connectivity index is 1.65. The molecule has 0 unspecified atom stereocenters. The van der Waals surface area contributed by atoms with Gasteiger partial charge in [-0.3, -0.25) is 9.59 Å². The quantitative estimate of drug-likeness (QED) is 0.901. The van der Waals surface area contributed by atoms with E-state index >= 15 is 0 Å². The molecule has 130 valence electrons. The van der Waals surface area contributed by atoms with Crippen LogP contribution in [0.25, 0.3) is 0 Å². The van der Waals surface area contributed by atoms with Crippen LogP contribution in [-0.4, -0.2) is 23.3 Å². The molecule has 0 saturated carbocycles. The first-order valence-corrected chi connectivity index (χ1v) is 8.71. The van der Waals surface area contributed by atoms with Gasteiger partial charge in [0.25, 0.3) is 0 Å². The highest BCUT2D eigenvalue weighted by atomic mass is 35.5. The molecule has 0 radical (unpaired) electrons. The SMILES string of the molecule is Cc1ccc(NC(=O)[C@H]2CC(=O)N(Cc3ccccc3Cl)C2)c(C)c1. The predicted octanol–water partition coefficient (Wildman–Crippen LogP) is 3.94. The highest BCUT2D eigenvalue weighted by Gasteiger charge is 2.34. The fourth-order valence-corrected chi connectivity index (χ4v) is 3.32. The monoisotopic (exact) mass is 356 g/mol. The summed E-state index contributed by atoms with van der Waals surface area (Å²) in [6, 6.07) is 13.4. The average molecular weight is 357 g/mol. The number of likely N-dealkylation sites (tertiary alicyclic amines) is 1. The first kappa shape index (κ1) is 17.5. The number of hydrogen-bond acceptors (Lipinski definition) is 2. The molecule has 1 atom stereocenters. The number of rotatable bonds is 4.